The van der Waals surface area contributed by atoms with Crippen molar-refractivity contribution in [1.29, 1.82) is 0 Å². The summed E-state index contributed by atoms with van der Waals surface area (Å²) in [6.45, 7) is 2.67. The Kier molecular flexibility index (Phi) is 4.19. The third-order valence-electron chi connectivity index (χ3n) is 4.31. The number of hydrogen-bond donors (Lipinski definition) is 1. The summed E-state index contributed by atoms with van der Waals surface area (Å²) in [5.41, 5.74) is 2.16. The van der Waals surface area contributed by atoms with Crippen molar-refractivity contribution in [2.45, 2.75) is 24.2 Å². The molecule has 116 valence electrons. The molecule has 21 heavy (non-hydrogen) atoms. The molecule has 0 saturated carbocycles. The zero-order valence-electron chi connectivity index (χ0n) is 12.3. The Hall–Kier alpha value is -1.11. The van der Waals surface area contributed by atoms with E-state index in [0.717, 1.165) is 31.5 Å². The number of nitrogens with one attached hydrogen (secondary N) is 1. The zero-order chi connectivity index (χ0) is 14.9. The largest absolute Gasteiger partial charge is 0.384 e. The van der Waals surface area contributed by atoms with Crippen LogP contribution in [0.4, 0.5) is 5.69 Å². The molecule has 1 aromatic carbocycles. The molecule has 6 heteroatoms. The number of sulfonamides is 1. The SMILES string of the molecule is COCC1CCCN(S(=O)(=O)c2ccc3c(c2)NCC3)C1. The first-order valence-electron chi connectivity index (χ1n) is 7.47. The van der Waals surface area contributed by atoms with Crippen molar-refractivity contribution in [2.24, 2.45) is 5.92 Å². The lowest BCUT2D eigenvalue weighted by molar-refractivity contribution is 0.118. The molecule has 3 rings (SSSR count). The maximum Gasteiger partial charge on any atom is 0.243 e. The van der Waals surface area contributed by atoms with Crippen molar-refractivity contribution >= 4 is 15.7 Å². The van der Waals surface area contributed by atoms with E-state index in [1.165, 1.54) is 5.56 Å². The summed E-state index contributed by atoms with van der Waals surface area (Å²) in [7, 11) is -1.73. The van der Waals surface area contributed by atoms with Crippen LogP contribution < -0.4 is 5.32 Å². The van der Waals surface area contributed by atoms with Crippen LogP contribution in [0.1, 0.15) is 18.4 Å². The molecule has 1 unspecified atom stereocenters. The molecular formula is C15H22N2O3S. The number of piperidine rings is 1. The average molecular weight is 310 g/mol. The summed E-state index contributed by atoms with van der Waals surface area (Å²) in [6.07, 6.45) is 2.90. The van der Waals surface area contributed by atoms with Crippen LogP contribution >= 0.6 is 0 Å². The average Bonchev–Trinajstić information content (AvgIpc) is 2.95. The molecule has 2 aliphatic heterocycles. The minimum absolute atomic E-state index is 0.297. The van der Waals surface area contributed by atoms with Gasteiger partial charge in [-0.25, -0.2) is 8.42 Å². The highest BCUT2D eigenvalue weighted by Crippen LogP contribution is 2.29. The van der Waals surface area contributed by atoms with Crippen LogP contribution in [0.2, 0.25) is 0 Å². The molecule has 1 fully saturated rings. The fourth-order valence-electron chi connectivity index (χ4n) is 3.20. The van der Waals surface area contributed by atoms with E-state index in [4.69, 9.17) is 4.74 Å². The Morgan fingerprint density at radius 1 is 1.43 bits per heavy atom. The van der Waals surface area contributed by atoms with Crippen molar-refractivity contribution in [3.8, 4) is 0 Å². The summed E-state index contributed by atoms with van der Waals surface area (Å²) in [6, 6.07) is 5.44. The predicted octanol–water partition coefficient (Wildman–Crippen LogP) is 1.70. The van der Waals surface area contributed by atoms with E-state index in [0.29, 0.717) is 30.5 Å². The molecule has 2 aliphatic rings. The Labute approximate surface area is 126 Å². The van der Waals surface area contributed by atoms with Crippen molar-refractivity contribution in [3.05, 3.63) is 23.8 Å². The predicted molar refractivity (Wildman–Crippen MR) is 82.0 cm³/mol. The van der Waals surface area contributed by atoms with Crippen LogP contribution in [-0.2, 0) is 21.2 Å². The van der Waals surface area contributed by atoms with Gasteiger partial charge in [0.15, 0.2) is 0 Å². The van der Waals surface area contributed by atoms with E-state index in [-0.39, 0.29) is 0 Å². The Balaban J connectivity index is 1.83. The summed E-state index contributed by atoms with van der Waals surface area (Å²) >= 11 is 0. The standard InChI is InChI=1S/C15H22N2O3S/c1-20-11-12-3-2-8-17(10-12)21(18,19)14-5-4-13-6-7-16-15(13)9-14/h4-5,9,12,16H,2-3,6-8,10-11H2,1H3. The Morgan fingerprint density at radius 2 is 2.29 bits per heavy atom. The molecule has 5 nitrogen and oxygen atoms in total. The first kappa shape index (κ1) is 14.8. The van der Waals surface area contributed by atoms with Gasteiger partial charge in [-0.05, 0) is 42.9 Å². The Morgan fingerprint density at radius 3 is 3.10 bits per heavy atom. The highest BCUT2D eigenvalue weighted by Gasteiger charge is 2.30. The first-order valence-corrected chi connectivity index (χ1v) is 8.91. The number of anilines is 1. The van der Waals surface area contributed by atoms with Crippen molar-refractivity contribution in [2.75, 3.05) is 38.7 Å². The smallest absolute Gasteiger partial charge is 0.243 e. The lowest BCUT2D eigenvalue weighted by Gasteiger charge is -2.31. The van der Waals surface area contributed by atoms with Crippen LogP contribution in [-0.4, -0.2) is 46.1 Å². The van der Waals surface area contributed by atoms with Gasteiger partial charge in [0.1, 0.15) is 0 Å². The van der Waals surface area contributed by atoms with Gasteiger partial charge < -0.3 is 10.1 Å². The summed E-state index contributed by atoms with van der Waals surface area (Å²) in [5.74, 6) is 0.297. The highest BCUT2D eigenvalue weighted by molar-refractivity contribution is 7.89. The van der Waals surface area contributed by atoms with Gasteiger partial charge in [-0.1, -0.05) is 6.07 Å². The van der Waals surface area contributed by atoms with E-state index < -0.39 is 10.0 Å². The van der Waals surface area contributed by atoms with Crippen LogP contribution in [0.5, 0.6) is 0 Å². The number of rotatable bonds is 4. The number of hydrogen-bond acceptors (Lipinski definition) is 4. The van der Waals surface area contributed by atoms with Crippen molar-refractivity contribution in [3.63, 3.8) is 0 Å². The van der Waals surface area contributed by atoms with Crippen molar-refractivity contribution < 1.29 is 13.2 Å². The van der Waals surface area contributed by atoms with Crippen LogP contribution in [0.15, 0.2) is 23.1 Å². The number of nitrogens with zero attached hydrogens (tertiary/aromatic N) is 1. The van der Waals surface area contributed by atoms with Gasteiger partial charge in [0.05, 0.1) is 11.5 Å². The molecular weight excluding hydrogens is 288 g/mol. The lowest BCUT2D eigenvalue weighted by atomic mass is 10.0. The third kappa shape index (κ3) is 2.93. The van der Waals surface area contributed by atoms with E-state index in [1.807, 2.05) is 6.07 Å². The molecule has 1 saturated heterocycles. The maximum absolute atomic E-state index is 12.8. The van der Waals surface area contributed by atoms with Gasteiger partial charge >= 0.3 is 0 Å². The number of fused-ring (bicyclic) bond motifs is 1. The van der Waals surface area contributed by atoms with Crippen LogP contribution in [0, 0.1) is 5.92 Å². The summed E-state index contributed by atoms with van der Waals surface area (Å²) in [4.78, 5) is 0.397. The minimum atomic E-state index is -3.40. The second kappa shape index (κ2) is 5.94. The minimum Gasteiger partial charge on any atom is -0.384 e. The Bertz CT molecular complexity index is 613. The van der Waals surface area contributed by atoms with Crippen molar-refractivity contribution in [1.82, 2.24) is 4.31 Å². The van der Waals surface area contributed by atoms with Gasteiger partial charge in [0, 0.05) is 32.4 Å². The molecule has 2 heterocycles. The number of benzene rings is 1. The topological polar surface area (TPSA) is 58.6 Å². The summed E-state index contributed by atoms with van der Waals surface area (Å²) < 4.78 is 32.4. The normalized spacial score (nSPS) is 22.8. The van der Waals surface area contributed by atoms with Gasteiger partial charge in [-0.3, -0.25) is 0 Å². The second-order valence-corrected chi connectivity index (χ2v) is 7.76. The van der Waals surface area contributed by atoms with Crippen LogP contribution in [0.25, 0.3) is 0 Å². The highest BCUT2D eigenvalue weighted by atomic mass is 32.2. The third-order valence-corrected chi connectivity index (χ3v) is 6.17. The van der Waals surface area contributed by atoms with E-state index in [1.54, 1.807) is 23.5 Å². The summed E-state index contributed by atoms with van der Waals surface area (Å²) in [5, 5.41) is 3.24. The molecule has 0 bridgehead atoms. The van der Waals surface area contributed by atoms with Gasteiger partial charge in [-0.2, -0.15) is 4.31 Å². The molecule has 1 atom stereocenters. The number of methoxy groups -OCH3 is 1. The molecule has 0 aromatic heterocycles. The molecule has 0 aliphatic carbocycles. The van der Waals surface area contributed by atoms with E-state index in [9.17, 15) is 8.42 Å². The van der Waals surface area contributed by atoms with E-state index in [2.05, 4.69) is 5.32 Å². The van der Waals surface area contributed by atoms with E-state index >= 15 is 0 Å². The van der Waals surface area contributed by atoms with Gasteiger partial charge in [-0.15, -0.1) is 0 Å². The van der Waals surface area contributed by atoms with Crippen LogP contribution in [0.3, 0.4) is 0 Å². The fourth-order valence-corrected chi connectivity index (χ4v) is 4.78. The van der Waals surface area contributed by atoms with Gasteiger partial charge in [0.25, 0.3) is 0 Å². The quantitative estimate of drug-likeness (QED) is 0.919. The second-order valence-electron chi connectivity index (χ2n) is 5.82. The molecule has 0 spiro atoms. The molecule has 1 aromatic rings. The fraction of sp³-hybridized carbons (Fsp3) is 0.600. The monoisotopic (exact) mass is 310 g/mol. The maximum atomic E-state index is 12.8. The molecule has 1 N–H and O–H groups in total. The first-order chi connectivity index (χ1) is 10.1. The molecule has 0 amide bonds. The molecule has 0 radical (unpaired) electrons. The lowest BCUT2D eigenvalue weighted by Crippen LogP contribution is -2.41. The van der Waals surface area contributed by atoms with Gasteiger partial charge in [0.2, 0.25) is 10.0 Å². The zero-order valence-corrected chi connectivity index (χ0v) is 13.2. The number of ether oxygens (including phenoxy) is 1.